The lowest BCUT2D eigenvalue weighted by Crippen LogP contribution is -2.34. The van der Waals surface area contributed by atoms with Crippen molar-refractivity contribution in [3.8, 4) is 0 Å². The fourth-order valence-corrected chi connectivity index (χ4v) is 3.28. The Morgan fingerprint density at radius 2 is 2.12 bits per heavy atom. The third-order valence-electron chi connectivity index (χ3n) is 2.41. The van der Waals surface area contributed by atoms with Gasteiger partial charge < -0.3 is 5.73 Å². The molecule has 0 aromatic heterocycles. The van der Waals surface area contributed by atoms with Crippen LogP contribution in [0.1, 0.15) is 25.7 Å². The van der Waals surface area contributed by atoms with Crippen LogP contribution in [0.25, 0.3) is 0 Å². The molecule has 0 aromatic rings. The molecule has 0 fully saturated rings. The van der Waals surface area contributed by atoms with E-state index in [1.54, 1.807) is 0 Å². The summed E-state index contributed by atoms with van der Waals surface area (Å²) in [5.74, 6) is 0. The van der Waals surface area contributed by atoms with Gasteiger partial charge in [0.2, 0.25) is 10.0 Å². The highest BCUT2D eigenvalue weighted by Crippen LogP contribution is 2.22. The van der Waals surface area contributed by atoms with Crippen LogP contribution in [0.2, 0.25) is 0 Å². The third kappa shape index (κ3) is 4.20. The van der Waals surface area contributed by atoms with Crippen molar-refractivity contribution in [2.75, 3.05) is 6.26 Å². The largest absolute Gasteiger partial charge is 0.401 e. The lowest BCUT2D eigenvalue weighted by atomic mass is 10.1. The fourth-order valence-electron chi connectivity index (χ4n) is 1.75. The maximum absolute atomic E-state index is 11.2. The molecular formula is C8H17N3O3S2. The van der Waals surface area contributed by atoms with E-state index in [4.69, 9.17) is 10.9 Å². The molecule has 1 aliphatic rings. The molecule has 16 heavy (non-hydrogen) atoms. The Kier molecular flexibility index (Phi) is 4.48. The first kappa shape index (κ1) is 13.6. The summed E-state index contributed by atoms with van der Waals surface area (Å²) >= 11 is 0. The minimum atomic E-state index is -3.26. The average molecular weight is 267 g/mol. The Labute approximate surface area is 98.1 Å². The Morgan fingerprint density at radius 3 is 2.62 bits per heavy atom. The van der Waals surface area contributed by atoms with E-state index in [1.165, 1.54) is 0 Å². The molecule has 5 N–H and O–H groups in total. The normalized spacial score (nSPS) is 25.2. The van der Waals surface area contributed by atoms with E-state index in [2.05, 4.69) is 4.72 Å². The lowest BCUT2D eigenvalue weighted by molar-refractivity contribution is 0.527. The standard InChI is InChI=1S/C8H17N3O3S2/c1-16(13,14)11-6-3-2-4-7(9)8(5-6)15(10)12/h6,11H,2-5,9-10H2,1H3. The molecule has 0 amide bonds. The predicted molar refractivity (Wildman–Crippen MR) is 63.8 cm³/mol. The second-order valence-corrected chi connectivity index (χ2v) is 6.80. The van der Waals surface area contributed by atoms with E-state index >= 15 is 0 Å². The number of sulfonamides is 1. The highest BCUT2D eigenvalue weighted by atomic mass is 32.2. The maximum Gasteiger partial charge on any atom is 0.208 e. The molecule has 0 bridgehead atoms. The highest BCUT2D eigenvalue weighted by Gasteiger charge is 2.22. The monoisotopic (exact) mass is 267 g/mol. The van der Waals surface area contributed by atoms with Crippen LogP contribution in [0.4, 0.5) is 0 Å². The number of rotatable bonds is 3. The van der Waals surface area contributed by atoms with Crippen LogP contribution in [-0.2, 0) is 21.0 Å². The van der Waals surface area contributed by atoms with E-state index in [-0.39, 0.29) is 6.04 Å². The Bertz CT molecular complexity index is 416. The molecule has 94 valence electrons. The summed E-state index contributed by atoms with van der Waals surface area (Å²) in [5.41, 5.74) is 6.26. The molecule has 0 aromatic carbocycles. The van der Waals surface area contributed by atoms with Crippen molar-refractivity contribution >= 4 is 21.0 Å². The number of nitrogens with one attached hydrogen (secondary N) is 1. The molecular weight excluding hydrogens is 250 g/mol. The number of hydrogen-bond donors (Lipinski definition) is 3. The number of hydrogen-bond acceptors (Lipinski definition) is 4. The zero-order valence-electron chi connectivity index (χ0n) is 9.10. The molecule has 0 saturated heterocycles. The van der Waals surface area contributed by atoms with Crippen LogP contribution in [0.3, 0.4) is 0 Å². The van der Waals surface area contributed by atoms with Gasteiger partial charge in [0.15, 0.2) is 0 Å². The first-order valence-electron chi connectivity index (χ1n) is 4.90. The molecule has 8 heteroatoms. The summed E-state index contributed by atoms with van der Waals surface area (Å²) in [4.78, 5) is 0.457. The molecule has 0 saturated carbocycles. The minimum absolute atomic E-state index is 0.265. The summed E-state index contributed by atoms with van der Waals surface area (Å²) in [6.45, 7) is 0. The van der Waals surface area contributed by atoms with Crippen LogP contribution in [0.5, 0.6) is 0 Å². The van der Waals surface area contributed by atoms with Gasteiger partial charge in [-0.1, -0.05) is 0 Å². The molecule has 2 atom stereocenters. The Balaban J connectivity index is 2.83. The van der Waals surface area contributed by atoms with Gasteiger partial charge in [0.05, 0.1) is 11.2 Å². The average Bonchev–Trinajstić information content (AvgIpc) is 2.25. The highest BCUT2D eigenvalue weighted by molar-refractivity contribution is 7.88. The van der Waals surface area contributed by atoms with Crippen LogP contribution >= 0.6 is 0 Å². The third-order valence-corrected chi connectivity index (χ3v) is 4.09. The van der Waals surface area contributed by atoms with Crippen molar-refractivity contribution in [3.63, 3.8) is 0 Å². The lowest BCUT2D eigenvalue weighted by Gasteiger charge is -2.15. The van der Waals surface area contributed by atoms with Crippen LogP contribution < -0.4 is 15.6 Å². The second kappa shape index (κ2) is 5.26. The van der Waals surface area contributed by atoms with Gasteiger partial charge in [0, 0.05) is 18.2 Å². The van der Waals surface area contributed by atoms with E-state index in [0.717, 1.165) is 12.7 Å². The molecule has 2 unspecified atom stereocenters. The topological polar surface area (TPSA) is 115 Å². The van der Waals surface area contributed by atoms with Crippen molar-refractivity contribution in [3.05, 3.63) is 10.6 Å². The molecule has 1 rings (SSSR count). The first-order chi connectivity index (χ1) is 7.29. The van der Waals surface area contributed by atoms with Gasteiger partial charge in [0.1, 0.15) is 11.0 Å². The van der Waals surface area contributed by atoms with Crippen LogP contribution in [-0.4, -0.2) is 24.9 Å². The van der Waals surface area contributed by atoms with Gasteiger partial charge in [-0.25, -0.2) is 22.5 Å². The van der Waals surface area contributed by atoms with E-state index in [9.17, 15) is 12.6 Å². The van der Waals surface area contributed by atoms with Crippen molar-refractivity contribution in [1.82, 2.24) is 4.72 Å². The van der Waals surface area contributed by atoms with Crippen LogP contribution in [0.15, 0.2) is 10.6 Å². The van der Waals surface area contributed by atoms with Gasteiger partial charge in [-0.15, -0.1) is 0 Å². The first-order valence-corrected chi connectivity index (χ1v) is 8.01. The maximum atomic E-state index is 11.2. The summed E-state index contributed by atoms with van der Waals surface area (Å²) in [6.07, 6.45) is 3.47. The van der Waals surface area contributed by atoms with Gasteiger partial charge in [-0.2, -0.15) is 0 Å². The van der Waals surface area contributed by atoms with E-state index in [0.29, 0.717) is 29.9 Å². The van der Waals surface area contributed by atoms with Gasteiger partial charge >= 0.3 is 0 Å². The van der Waals surface area contributed by atoms with Gasteiger partial charge in [-0.05, 0) is 19.3 Å². The second-order valence-electron chi connectivity index (χ2n) is 3.93. The molecule has 0 heterocycles. The molecule has 0 aliphatic heterocycles. The van der Waals surface area contributed by atoms with Crippen molar-refractivity contribution in [2.45, 2.75) is 31.7 Å². The summed E-state index contributed by atoms with van der Waals surface area (Å²) in [5, 5.41) is 5.31. The molecule has 6 nitrogen and oxygen atoms in total. The Morgan fingerprint density at radius 1 is 1.50 bits per heavy atom. The summed E-state index contributed by atoms with van der Waals surface area (Å²) in [6, 6.07) is -0.265. The van der Waals surface area contributed by atoms with Gasteiger partial charge in [-0.3, -0.25) is 0 Å². The van der Waals surface area contributed by atoms with Crippen molar-refractivity contribution < 1.29 is 12.6 Å². The summed E-state index contributed by atoms with van der Waals surface area (Å²) < 4.78 is 36.0. The number of allylic oxidation sites excluding steroid dienone is 1. The quantitative estimate of drug-likeness (QED) is 0.625. The van der Waals surface area contributed by atoms with Crippen LogP contribution in [0, 0.1) is 0 Å². The molecule has 1 aliphatic carbocycles. The van der Waals surface area contributed by atoms with E-state index < -0.39 is 21.0 Å². The summed E-state index contributed by atoms with van der Waals surface area (Å²) in [7, 11) is -4.88. The Hall–Kier alpha value is -0.440. The number of nitrogens with two attached hydrogens (primary N) is 2. The SMILES string of the molecule is CS(=O)(=O)NC1CCCC(N)=C(S(N)=O)C1. The zero-order chi connectivity index (χ0) is 12.3. The van der Waals surface area contributed by atoms with Crippen molar-refractivity contribution in [1.29, 1.82) is 0 Å². The smallest absolute Gasteiger partial charge is 0.208 e. The zero-order valence-corrected chi connectivity index (χ0v) is 10.7. The fraction of sp³-hybridized carbons (Fsp3) is 0.750. The predicted octanol–water partition coefficient (Wildman–Crippen LogP) is -0.729. The minimum Gasteiger partial charge on any atom is -0.401 e. The van der Waals surface area contributed by atoms with E-state index in [1.807, 2.05) is 0 Å². The molecule has 0 spiro atoms. The molecule has 0 radical (unpaired) electrons. The van der Waals surface area contributed by atoms with Crippen molar-refractivity contribution in [2.24, 2.45) is 10.9 Å². The van der Waals surface area contributed by atoms with Gasteiger partial charge in [0.25, 0.3) is 0 Å².